The number of hydrogen-bond acceptors (Lipinski definition) is 2. The van der Waals surface area contributed by atoms with Crippen molar-refractivity contribution in [3.05, 3.63) is 11.3 Å². The van der Waals surface area contributed by atoms with Crippen molar-refractivity contribution < 1.29 is 0 Å². The van der Waals surface area contributed by atoms with Crippen molar-refractivity contribution >= 4 is 5.82 Å². The van der Waals surface area contributed by atoms with Crippen LogP contribution in [0.15, 0.2) is 0 Å². The molecule has 1 heterocycles. The number of nitrogens with one attached hydrogen (secondary N) is 1. The SMILES string of the molecule is CC(C)c1c(N)n[nH]c1C1(C)CCCC1. The molecule has 0 unspecified atom stereocenters. The van der Waals surface area contributed by atoms with Gasteiger partial charge in [-0.15, -0.1) is 0 Å². The number of aromatic amines is 1. The number of hydrogen-bond donors (Lipinski definition) is 2. The van der Waals surface area contributed by atoms with E-state index in [0.717, 1.165) is 0 Å². The molecule has 1 aliphatic rings. The highest BCUT2D eigenvalue weighted by Gasteiger charge is 2.35. The highest BCUT2D eigenvalue weighted by atomic mass is 15.2. The zero-order valence-corrected chi connectivity index (χ0v) is 9.93. The number of nitrogen functional groups attached to an aromatic ring is 1. The second-order valence-electron chi connectivity index (χ2n) is 5.32. The van der Waals surface area contributed by atoms with E-state index in [2.05, 4.69) is 31.0 Å². The summed E-state index contributed by atoms with van der Waals surface area (Å²) in [4.78, 5) is 0. The molecule has 1 aliphatic carbocycles. The summed E-state index contributed by atoms with van der Waals surface area (Å²) >= 11 is 0. The third kappa shape index (κ3) is 1.64. The Morgan fingerprint density at radius 1 is 1.33 bits per heavy atom. The van der Waals surface area contributed by atoms with Crippen molar-refractivity contribution in [1.82, 2.24) is 10.2 Å². The van der Waals surface area contributed by atoms with Crippen LogP contribution >= 0.6 is 0 Å². The van der Waals surface area contributed by atoms with Gasteiger partial charge in [-0.25, -0.2) is 0 Å². The summed E-state index contributed by atoms with van der Waals surface area (Å²) in [7, 11) is 0. The van der Waals surface area contributed by atoms with Gasteiger partial charge in [0.1, 0.15) is 5.82 Å². The monoisotopic (exact) mass is 207 g/mol. The summed E-state index contributed by atoms with van der Waals surface area (Å²) in [5.41, 5.74) is 8.73. The molecule has 1 saturated carbocycles. The molecule has 0 radical (unpaired) electrons. The van der Waals surface area contributed by atoms with E-state index in [-0.39, 0.29) is 5.41 Å². The highest BCUT2D eigenvalue weighted by molar-refractivity contribution is 5.47. The van der Waals surface area contributed by atoms with E-state index in [1.165, 1.54) is 36.9 Å². The molecule has 3 N–H and O–H groups in total. The average Bonchev–Trinajstić information content (AvgIpc) is 2.72. The van der Waals surface area contributed by atoms with Gasteiger partial charge in [-0.05, 0) is 18.8 Å². The highest BCUT2D eigenvalue weighted by Crippen LogP contribution is 2.43. The molecule has 2 rings (SSSR count). The summed E-state index contributed by atoms with van der Waals surface area (Å²) in [5.74, 6) is 1.14. The minimum atomic E-state index is 0.282. The maximum absolute atomic E-state index is 5.93. The maximum atomic E-state index is 5.93. The molecule has 15 heavy (non-hydrogen) atoms. The Balaban J connectivity index is 2.43. The van der Waals surface area contributed by atoms with Crippen LogP contribution in [0.3, 0.4) is 0 Å². The largest absolute Gasteiger partial charge is 0.382 e. The molecule has 1 aromatic heterocycles. The molecule has 0 aliphatic heterocycles. The van der Waals surface area contributed by atoms with Gasteiger partial charge in [0.25, 0.3) is 0 Å². The molecular weight excluding hydrogens is 186 g/mol. The standard InChI is InChI=1S/C12H21N3/c1-8(2)9-10(14-15-11(9)13)12(3)6-4-5-7-12/h8H,4-7H2,1-3H3,(H3,13,14,15). The zero-order chi connectivity index (χ0) is 11.1. The van der Waals surface area contributed by atoms with Crippen LogP contribution in [-0.2, 0) is 5.41 Å². The maximum Gasteiger partial charge on any atom is 0.148 e. The smallest absolute Gasteiger partial charge is 0.148 e. The lowest BCUT2D eigenvalue weighted by Crippen LogP contribution is -2.20. The van der Waals surface area contributed by atoms with E-state index in [9.17, 15) is 0 Å². The van der Waals surface area contributed by atoms with E-state index in [4.69, 9.17) is 5.73 Å². The van der Waals surface area contributed by atoms with Gasteiger partial charge in [0.05, 0.1) is 0 Å². The zero-order valence-electron chi connectivity index (χ0n) is 9.93. The van der Waals surface area contributed by atoms with Crippen molar-refractivity contribution in [2.24, 2.45) is 0 Å². The van der Waals surface area contributed by atoms with Gasteiger partial charge in [-0.2, -0.15) is 5.10 Å². The summed E-state index contributed by atoms with van der Waals surface area (Å²) < 4.78 is 0. The Morgan fingerprint density at radius 3 is 2.47 bits per heavy atom. The fourth-order valence-corrected chi connectivity index (χ4v) is 2.81. The molecule has 0 saturated heterocycles. The van der Waals surface area contributed by atoms with Crippen LogP contribution < -0.4 is 5.73 Å². The van der Waals surface area contributed by atoms with E-state index in [1.54, 1.807) is 0 Å². The van der Waals surface area contributed by atoms with Gasteiger partial charge in [-0.1, -0.05) is 33.6 Å². The predicted molar refractivity (Wildman–Crippen MR) is 62.9 cm³/mol. The quantitative estimate of drug-likeness (QED) is 0.783. The third-order valence-electron chi connectivity index (χ3n) is 3.72. The summed E-state index contributed by atoms with van der Waals surface area (Å²) in [6, 6.07) is 0. The van der Waals surface area contributed by atoms with Gasteiger partial charge in [0.15, 0.2) is 0 Å². The van der Waals surface area contributed by atoms with E-state index < -0.39 is 0 Å². The number of rotatable bonds is 2. The van der Waals surface area contributed by atoms with Crippen LogP contribution in [-0.4, -0.2) is 10.2 Å². The molecule has 0 bridgehead atoms. The van der Waals surface area contributed by atoms with Crippen LogP contribution in [0.5, 0.6) is 0 Å². The Hall–Kier alpha value is -0.990. The molecule has 0 atom stereocenters. The summed E-state index contributed by atoms with van der Waals surface area (Å²) in [6.45, 7) is 6.70. The van der Waals surface area contributed by atoms with Crippen molar-refractivity contribution in [2.45, 2.75) is 57.8 Å². The van der Waals surface area contributed by atoms with Gasteiger partial charge >= 0.3 is 0 Å². The van der Waals surface area contributed by atoms with Gasteiger partial charge in [0.2, 0.25) is 0 Å². The first kappa shape index (κ1) is 10.5. The van der Waals surface area contributed by atoms with Crippen molar-refractivity contribution in [1.29, 1.82) is 0 Å². The molecule has 0 spiro atoms. The van der Waals surface area contributed by atoms with Crippen molar-refractivity contribution in [3.63, 3.8) is 0 Å². The third-order valence-corrected chi connectivity index (χ3v) is 3.72. The lowest BCUT2D eigenvalue weighted by atomic mass is 9.81. The van der Waals surface area contributed by atoms with Gasteiger partial charge in [0, 0.05) is 16.7 Å². The molecular formula is C12H21N3. The van der Waals surface area contributed by atoms with Crippen molar-refractivity contribution in [3.8, 4) is 0 Å². The second-order valence-corrected chi connectivity index (χ2v) is 5.32. The fourth-order valence-electron chi connectivity index (χ4n) is 2.81. The molecule has 0 aromatic carbocycles. The molecule has 0 amide bonds. The molecule has 84 valence electrons. The lowest BCUT2D eigenvalue weighted by molar-refractivity contribution is 0.468. The van der Waals surface area contributed by atoms with Crippen LogP contribution in [0, 0.1) is 0 Å². The summed E-state index contributed by atoms with van der Waals surface area (Å²) in [6.07, 6.45) is 5.17. The van der Waals surface area contributed by atoms with Gasteiger partial charge in [-0.3, -0.25) is 5.10 Å². The number of aromatic nitrogens is 2. The topological polar surface area (TPSA) is 54.7 Å². The first-order valence-electron chi connectivity index (χ1n) is 5.89. The Labute approximate surface area is 91.4 Å². The molecule has 1 aromatic rings. The van der Waals surface area contributed by atoms with E-state index in [0.29, 0.717) is 11.7 Å². The number of anilines is 1. The minimum absolute atomic E-state index is 0.282. The van der Waals surface area contributed by atoms with Crippen molar-refractivity contribution in [2.75, 3.05) is 5.73 Å². The van der Waals surface area contributed by atoms with Gasteiger partial charge < -0.3 is 5.73 Å². The number of nitrogens with two attached hydrogens (primary N) is 1. The van der Waals surface area contributed by atoms with Crippen LogP contribution in [0.25, 0.3) is 0 Å². The van der Waals surface area contributed by atoms with Crippen LogP contribution in [0.2, 0.25) is 0 Å². The van der Waals surface area contributed by atoms with E-state index in [1.807, 2.05) is 0 Å². The van der Waals surface area contributed by atoms with E-state index >= 15 is 0 Å². The molecule has 3 nitrogen and oxygen atoms in total. The van der Waals surface area contributed by atoms with Crippen LogP contribution in [0.4, 0.5) is 5.82 Å². The minimum Gasteiger partial charge on any atom is -0.382 e. The normalized spacial score (nSPS) is 20.0. The number of H-pyrrole nitrogens is 1. The first-order chi connectivity index (χ1) is 7.04. The fraction of sp³-hybridized carbons (Fsp3) is 0.750. The number of nitrogens with zero attached hydrogens (tertiary/aromatic N) is 1. The Kier molecular flexibility index (Phi) is 2.49. The second kappa shape index (κ2) is 3.54. The predicted octanol–water partition coefficient (Wildman–Crippen LogP) is 2.95. The Morgan fingerprint density at radius 2 is 1.93 bits per heavy atom. The summed E-state index contributed by atoms with van der Waals surface area (Å²) in [5, 5.41) is 7.34. The first-order valence-corrected chi connectivity index (χ1v) is 5.89. The average molecular weight is 207 g/mol. The Bertz CT molecular complexity index is 346. The molecule has 1 fully saturated rings. The molecule has 3 heteroatoms. The lowest BCUT2D eigenvalue weighted by Gasteiger charge is -2.24. The van der Waals surface area contributed by atoms with Crippen LogP contribution in [0.1, 0.15) is 63.6 Å².